The van der Waals surface area contributed by atoms with Gasteiger partial charge in [0.05, 0.1) is 6.04 Å². The number of benzene rings is 2. The smallest absolute Gasteiger partial charge is 0.0651 e. The number of aryl methyl sites for hydroxylation is 1. The average Bonchev–Trinajstić information content (AvgIpc) is 2.40. The molecule has 1 unspecified atom stereocenters. The van der Waals surface area contributed by atoms with Gasteiger partial charge < -0.3 is 11.1 Å². The molecule has 5 heteroatoms. The Morgan fingerprint density at radius 2 is 1.95 bits per heavy atom. The van der Waals surface area contributed by atoms with Crippen molar-refractivity contribution < 1.29 is 0 Å². The fourth-order valence-electron chi connectivity index (χ4n) is 1.99. The first-order valence-corrected chi connectivity index (χ1v) is 8.15. The molecule has 0 aromatic heterocycles. The van der Waals surface area contributed by atoms with Crippen molar-refractivity contribution >= 4 is 49.1 Å². The van der Waals surface area contributed by atoms with Crippen LogP contribution >= 0.6 is 43.5 Å². The van der Waals surface area contributed by atoms with E-state index in [1.165, 1.54) is 5.56 Å². The molecule has 106 valence electrons. The number of anilines is 1. The zero-order valence-corrected chi connectivity index (χ0v) is 14.9. The third-order valence-corrected chi connectivity index (χ3v) is 4.54. The lowest BCUT2D eigenvalue weighted by Crippen LogP contribution is -2.21. The lowest BCUT2D eigenvalue weighted by molar-refractivity contribution is 0.789. The van der Waals surface area contributed by atoms with Crippen molar-refractivity contribution in [2.75, 3.05) is 11.9 Å². The SMILES string of the molecule is Cc1ccc(Br)c(NC(CN)c2ccc(Br)cc2Cl)c1. The van der Waals surface area contributed by atoms with Crippen LogP contribution in [0.4, 0.5) is 5.69 Å². The van der Waals surface area contributed by atoms with Crippen molar-refractivity contribution in [3.63, 3.8) is 0 Å². The van der Waals surface area contributed by atoms with Crippen LogP contribution in [0.3, 0.4) is 0 Å². The predicted molar refractivity (Wildman–Crippen MR) is 93.4 cm³/mol. The summed E-state index contributed by atoms with van der Waals surface area (Å²) < 4.78 is 1.97. The molecule has 0 radical (unpaired) electrons. The van der Waals surface area contributed by atoms with E-state index in [1.807, 2.05) is 24.3 Å². The molecule has 3 N–H and O–H groups in total. The molecule has 1 atom stereocenters. The van der Waals surface area contributed by atoms with Gasteiger partial charge in [0, 0.05) is 26.2 Å². The highest BCUT2D eigenvalue weighted by Crippen LogP contribution is 2.31. The van der Waals surface area contributed by atoms with E-state index in [-0.39, 0.29) is 6.04 Å². The number of halogens is 3. The minimum atomic E-state index is -0.0336. The fourth-order valence-corrected chi connectivity index (χ4v) is 3.15. The highest BCUT2D eigenvalue weighted by molar-refractivity contribution is 9.10. The molecule has 0 fully saturated rings. The Labute approximate surface area is 141 Å². The minimum Gasteiger partial charge on any atom is -0.376 e. The quantitative estimate of drug-likeness (QED) is 0.708. The average molecular weight is 419 g/mol. The Balaban J connectivity index is 2.31. The monoisotopic (exact) mass is 416 g/mol. The summed E-state index contributed by atoms with van der Waals surface area (Å²) in [6, 6.07) is 12.0. The van der Waals surface area contributed by atoms with E-state index in [0.717, 1.165) is 20.2 Å². The third kappa shape index (κ3) is 3.76. The zero-order chi connectivity index (χ0) is 14.7. The maximum Gasteiger partial charge on any atom is 0.0651 e. The van der Waals surface area contributed by atoms with Crippen LogP contribution in [0.2, 0.25) is 5.02 Å². The van der Waals surface area contributed by atoms with E-state index >= 15 is 0 Å². The summed E-state index contributed by atoms with van der Waals surface area (Å²) >= 11 is 13.3. The predicted octanol–water partition coefficient (Wildman–Crippen LogP) is 5.29. The number of nitrogens with one attached hydrogen (secondary N) is 1. The van der Waals surface area contributed by atoms with Crippen molar-refractivity contribution in [1.82, 2.24) is 0 Å². The van der Waals surface area contributed by atoms with E-state index in [9.17, 15) is 0 Å². The van der Waals surface area contributed by atoms with Gasteiger partial charge in [-0.15, -0.1) is 0 Å². The Bertz CT molecular complexity index is 617. The normalized spacial score (nSPS) is 12.2. The molecule has 2 nitrogen and oxygen atoms in total. The largest absolute Gasteiger partial charge is 0.376 e. The Morgan fingerprint density at radius 3 is 2.60 bits per heavy atom. The first kappa shape index (κ1) is 15.8. The summed E-state index contributed by atoms with van der Waals surface area (Å²) in [5, 5.41) is 4.14. The van der Waals surface area contributed by atoms with Gasteiger partial charge in [-0.1, -0.05) is 39.7 Å². The number of nitrogens with two attached hydrogens (primary N) is 1. The molecule has 2 rings (SSSR count). The first-order valence-electron chi connectivity index (χ1n) is 6.19. The first-order chi connectivity index (χ1) is 9.51. The third-order valence-electron chi connectivity index (χ3n) is 3.03. The zero-order valence-electron chi connectivity index (χ0n) is 11.0. The second-order valence-corrected chi connectivity index (χ2v) is 6.76. The Kier molecular flexibility index (Phi) is 5.49. The van der Waals surface area contributed by atoms with E-state index in [4.69, 9.17) is 17.3 Å². The summed E-state index contributed by atoms with van der Waals surface area (Å²) in [5.41, 5.74) is 9.09. The van der Waals surface area contributed by atoms with E-state index < -0.39 is 0 Å². The van der Waals surface area contributed by atoms with Gasteiger partial charge in [-0.05, 0) is 58.2 Å². The summed E-state index contributed by atoms with van der Waals surface area (Å²) in [6.45, 7) is 2.52. The standard InChI is InChI=1S/C15H15Br2ClN2/c1-9-2-5-12(17)14(6-9)20-15(8-19)11-4-3-10(16)7-13(11)18/h2-7,15,20H,8,19H2,1H3. The van der Waals surface area contributed by atoms with Crippen molar-refractivity contribution in [3.8, 4) is 0 Å². The molecule has 2 aromatic rings. The van der Waals surface area contributed by atoms with Crippen LogP contribution in [0.25, 0.3) is 0 Å². The van der Waals surface area contributed by atoms with Crippen LogP contribution in [0.1, 0.15) is 17.2 Å². The van der Waals surface area contributed by atoms with Crippen LogP contribution < -0.4 is 11.1 Å². The molecular formula is C15H15Br2ClN2. The van der Waals surface area contributed by atoms with Crippen molar-refractivity contribution in [2.24, 2.45) is 5.73 Å². The number of rotatable bonds is 4. The molecule has 0 amide bonds. The summed E-state index contributed by atoms with van der Waals surface area (Å²) in [4.78, 5) is 0. The molecule has 0 aliphatic carbocycles. The van der Waals surface area contributed by atoms with Gasteiger partial charge in [-0.2, -0.15) is 0 Å². The molecule has 0 aliphatic heterocycles. The van der Waals surface area contributed by atoms with E-state index in [1.54, 1.807) is 0 Å². The highest BCUT2D eigenvalue weighted by Gasteiger charge is 2.14. The molecular weight excluding hydrogens is 403 g/mol. The maximum absolute atomic E-state index is 6.30. The molecule has 0 saturated heterocycles. The second-order valence-electron chi connectivity index (χ2n) is 4.58. The topological polar surface area (TPSA) is 38.0 Å². The molecule has 0 heterocycles. The van der Waals surface area contributed by atoms with Crippen molar-refractivity contribution in [3.05, 3.63) is 61.5 Å². The van der Waals surface area contributed by atoms with Gasteiger partial charge in [0.2, 0.25) is 0 Å². The highest BCUT2D eigenvalue weighted by atomic mass is 79.9. The second kappa shape index (κ2) is 6.94. The van der Waals surface area contributed by atoms with Gasteiger partial charge in [-0.3, -0.25) is 0 Å². The Morgan fingerprint density at radius 1 is 1.20 bits per heavy atom. The van der Waals surface area contributed by atoms with Crippen LogP contribution in [-0.4, -0.2) is 6.54 Å². The lowest BCUT2D eigenvalue weighted by atomic mass is 10.1. The molecule has 0 bridgehead atoms. The lowest BCUT2D eigenvalue weighted by Gasteiger charge is -2.21. The summed E-state index contributed by atoms with van der Waals surface area (Å²) in [5.74, 6) is 0. The molecule has 20 heavy (non-hydrogen) atoms. The van der Waals surface area contributed by atoms with Gasteiger partial charge >= 0.3 is 0 Å². The van der Waals surface area contributed by atoms with Crippen LogP contribution in [-0.2, 0) is 0 Å². The minimum absolute atomic E-state index is 0.0336. The molecule has 0 spiro atoms. The van der Waals surface area contributed by atoms with Crippen LogP contribution in [0.15, 0.2) is 45.3 Å². The van der Waals surface area contributed by atoms with Crippen molar-refractivity contribution in [1.29, 1.82) is 0 Å². The van der Waals surface area contributed by atoms with Gasteiger partial charge in [-0.25, -0.2) is 0 Å². The fraction of sp³-hybridized carbons (Fsp3) is 0.200. The maximum atomic E-state index is 6.30. The number of hydrogen-bond donors (Lipinski definition) is 2. The van der Waals surface area contributed by atoms with Gasteiger partial charge in [0.15, 0.2) is 0 Å². The Hall–Kier alpha value is -0.550. The molecule has 0 saturated carbocycles. The van der Waals surface area contributed by atoms with Gasteiger partial charge in [0.1, 0.15) is 0 Å². The van der Waals surface area contributed by atoms with Crippen LogP contribution in [0.5, 0.6) is 0 Å². The van der Waals surface area contributed by atoms with Crippen molar-refractivity contribution in [2.45, 2.75) is 13.0 Å². The van der Waals surface area contributed by atoms with E-state index in [0.29, 0.717) is 11.6 Å². The number of hydrogen-bond acceptors (Lipinski definition) is 2. The molecule has 2 aromatic carbocycles. The van der Waals surface area contributed by atoms with E-state index in [2.05, 4.69) is 56.2 Å². The summed E-state index contributed by atoms with van der Waals surface area (Å²) in [7, 11) is 0. The van der Waals surface area contributed by atoms with Gasteiger partial charge in [0.25, 0.3) is 0 Å². The molecule has 0 aliphatic rings. The summed E-state index contributed by atoms with van der Waals surface area (Å²) in [6.07, 6.45) is 0. The van der Waals surface area contributed by atoms with Crippen LogP contribution in [0, 0.1) is 6.92 Å².